The summed E-state index contributed by atoms with van der Waals surface area (Å²) in [6, 6.07) is 32.8. The lowest BCUT2D eigenvalue weighted by Gasteiger charge is -2.31. The lowest BCUT2D eigenvalue weighted by atomic mass is 9.94. The van der Waals surface area contributed by atoms with Crippen LogP contribution < -0.4 is 24.8 Å². The van der Waals surface area contributed by atoms with E-state index in [1.807, 2.05) is 78.9 Å². The zero-order chi connectivity index (χ0) is 36.9. The number of hydrogen-bond acceptors (Lipinski definition) is 8. The first-order chi connectivity index (χ1) is 25.8. The van der Waals surface area contributed by atoms with E-state index in [4.69, 9.17) is 47.4 Å². The summed E-state index contributed by atoms with van der Waals surface area (Å²) in [5.41, 5.74) is 7.27. The van der Waals surface area contributed by atoms with E-state index < -0.39 is 18.1 Å². The predicted molar refractivity (Wildman–Crippen MR) is 208 cm³/mol. The van der Waals surface area contributed by atoms with E-state index in [1.54, 1.807) is 24.3 Å². The number of hydrogen-bond donors (Lipinski definition) is 2. The Bertz CT molecular complexity index is 2170. The number of fused-ring (bicyclic) bond motifs is 2. The number of amides is 1. The molecule has 276 valence electrons. The molecule has 54 heavy (non-hydrogen) atoms. The van der Waals surface area contributed by atoms with Gasteiger partial charge in [0.25, 0.3) is 0 Å². The van der Waals surface area contributed by atoms with Crippen molar-refractivity contribution in [3.05, 3.63) is 147 Å². The van der Waals surface area contributed by atoms with Gasteiger partial charge in [0.05, 0.1) is 34.8 Å². The van der Waals surface area contributed by atoms with Gasteiger partial charge in [0, 0.05) is 13.0 Å². The summed E-state index contributed by atoms with van der Waals surface area (Å²) in [6.07, 6.45) is 0.379. The lowest BCUT2D eigenvalue weighted by molar-refractivity contribution is -0.145. The molecule has 0 saturated carbocycles. The molecule has 2 aliphatic heterocycles. The van der Waals surface area contributed by atoms with Gasteiger partial charge < -0.3 is 29.6 Å². The maximum Gasteiger partial charge on any atom is 0.328 e. The number of nitrogens with one attached hydrogen (secondary N) is 2. The van der Waals surface area contributed by atoms with E-state index in [2.05, 4.69) is 16.7 Å². The van der Waals surface area contributed by atoms with Gasteiger partial charge >= 0.3 is 5.97 Å². The number of benzene rings is 5. The molecule has 0 aliphatic carbocycles. The third-order valence-electron chi connectivity index (χ3n) is 9.39. The quantitative estimate of drug-likeness (QED) is 0.137. The van der Waals surface area contributed by atoms with Crippen LogP contribution in [-0.2, 0) is 40.3 Å². The molecule has 2 N–H and O–H groups in total. The Kier molecular flexibility index (Phi) is 12.3. The second-order valence-electron chi connectivity index (χ2n) is 12.9. The number of esters is 1. The molecule has 3 atom stereocenters. The van der Waals surface area contributed by atoms with E-state index in [9.17, 15) is 9.59 Å². The first-order valence-electron chi connectivity index (χ1n) is 17.1. The summed E-state index contributed by atoms with van der Waals surface area (Å²) in [5, 5.41) is 16.3. The smallest absolute Gasteiger partial charge is 0.328 e. The molecular formula is C42H36Cl3N3O6. The Hall–Kier alpha value is -5.24. The number of carbonyl (C=O) groups is 2. The highest BCUT2D eigenvalue weighted by Crippen LogP contribution is 2.40. The van der Waals surface area contributed by atoms with Crippen LogP contribution in [0.5, 0.6) is 17.2 Å². The lowest BCUT2D eigenvalue weighted by Crippen LogP contribution is -2.53. The molecule has 0 radical (unpaired) electrons. The van der Waals surface area contributed by atoms with Gasteiger partial charge in [-0.2, -0.15) is 5.26 Å². The normalized spacial score (nSPS) is 16.1. The molecule has 7 rings (SSSR count). The zero-order valence-corrected chi connectivity index (χ0v) is 31.5. The molecule has 0 saturated heterocycles. The van der Waals surface area contributed by atoms with E-state index in [0.717, 1.165) is 38.9 Å². The highest BCUT2D eigenvalue weighted by molar-refractivity contribution is 6.42. The van der Waals surface area contributed by atoms with Gasteiger partial charge in [0.2, 0.25) is 5.91 Å². The summed E-state index contributed by atoms with van der Waals surface area (Å²) in [4.78, 5) is 26.3. The van der Waals surface area contributed by atoms with Crippen molar-refractivity contribution >= 4 is 47.5 Å². The summed E-state index contributed by atoms with van der Waals surface area (Å²) in [7, 11) is 1.31. The molecule has 0 bridgehead atoms. The fourth-order valence-electron chi connectivity index (χ4n) is 6.42. The van der Waals surface area contributed by atoms with E-state index >= 15 is 0 Å². The minimum atomic E-state index is -0.864. The summed E-state index contributed by atoms with van der Waals surface area (Å²) < 4.78 is 23.5. The summed E-state index contributed by atoms with van der Waals surface area (Å²) in [5.74, 6) is 1.16. The minimum Gasteiger partial charge on any atom is -0.489 e. The standard InChI is InChI=1S/C42H35Cl2N3O6.ClH/c1-50-42(49)37(17-25-2-7-28(8-3-25)29-9-4-26(21-45)5-10-29)47-41(48)36-18-31-19-38-39(20-32(31)22-46-36)53-40(24-52-38)30-11-13-33(14-12-30)51-23-27-6-15-34(43)35(44)16-27;/h2-16,19-20,36-37,40,46H,17-18,22-24H2,1H3,(H,47,48);1H/t36-,37-,40-;/m0./s1. The van der Waals surface area contributed by atoms with Crippen LogP contribution in [0.25, 0.3) is 11.1 Å². The van der Waals surface area contributed by atoms with Crippen LogP contribution in [0.1, 0.15) is 39.5 Å². The third kappa shape index (κ3) is 8.92. The van der Waals surface area contributed by atoms with Gasteiger partial charge in [-0.3, -0.25) is 4.79 Å². The molecule has 12 heteroatoms. The maximum atomic E-state index is 13.5. The van der Waals surface area contributed by atoms with Gasteiger partial charge in [0.1, 0.15) is 25.0 Å². The Morgan fingerprint density at radius 1 is 0.889 bits per heavy atom. The Balaban J connectivity index is 0.00000497. The number of ether oxygens (including phenoxy) is 4. The second-order valence-corrected chi connectivity index (χ2v) is 13.7. The number of halogens is 3. The van der Waals surface area contributed by atoms with E-state index in [-0.39, 0.29) is 30.8 Å². The average Bonchev–Trinajstić information content (AvgIpc) is 3.20. The van der Waals surface area contributed by atoms with Crippen molar-refractivity contribution in [2.75, 3.05) is 13.7 Å². The van der Waals surface area contributed by atoms with Crippen LogP contribution in [-0.4, -0.2) is 37.7 Å². The van der Waals surface area contributed by atoms with Crippen molar-refractivity contribution in [2.45, 2.75) is 44.2 Å². The number of rotatable bonds is 10. The first-order valence-corrected chi connectivity index (χ1v) is 17.8. The SMILES string of the molecule is COC(=O)[C@H](Cc1ccc(-c2ccc(C#N)cc2)cc1)NC(=O)[C@@H]1Cc2cc3c(cc2CN1)O[C@H](c1ccc(OCc2ccc(Cl)c(Cl)c2)cc1)CO3.Cl. The zero-order valence-electron chi connectivity index (χ0n) is 29.1. The highest BCUT2D eigenvalue weighted by atomic mass is 35.5. The minimum absolute atomic E-state index is 0. The van der Waals surface area contributed by atoms with E-state index in [0.29, 0.717) is 59.0 Å². The second kappa shape index (κ2) is 17.3. The fourth-order valence-corrected chi connectivity index (χ4v) is 6.74. The monoisotopic (exact) mass is 783 g/mol. The van der Waals surface area contributed by atoms with Gasteiger partial charge in [-0.1, -0.05) is 77.8 Å². The number of methoxy groups -OCH3 is 1. The van der Waals surface area contributed by atoms with Crippen molar-refractivity contribution in [3.8, 4) is 34.4 Å². The Morgan fingerprint density at radius 3 is 2.26 bits per heavy atom. The van der Waals surface area contributed by atoms with Gasteiger partial charge in [-0.15, -0.1) is 12.4 Å². The molecular weight excluding hydrogens is 749 g/mol. The van der Waals surface area contributed by atoms with E-state index in [1.165, 1.54) is 7.11 Å². The number of carbonyl (C=O) groups excluding carboxylic acids is 2. The maximum absolute atomic E-state index is 13.5. The number of nitrogens with zero attached hydrogens (tertiary/aromatic N) is 1. The molecule has 5 aromatic carbocycles. The Labute approximate surface area is 329 Å². The third-order valence-corrected chi connectivity index (χ3v) is 10.1. The van der Waals surface area contributed by atoms with Crippen molar-refractivity contribution < 1.29 is 28.5 Å². The van der Waals surface area contributed by atoms with Crippen LogP contribution in [0.4, 0.5) is 0 Å². The largest absolute Gasteiger partial charge is 0.489 e. The molecule has 0 fully saturated rings. The average molecular weight is 785 g/mol. The van der Waals surface area contributed by atoms with Crippen molar-refractivity contribution in [1.82, 2.24) is 10.6 Å². The topological polar surface area (TPSA) is 119 Å². The van der Waals surface area contributed by atoms with Crippen LogP contribution >= 0.6 is 35.6 Å². The molecule has 2 aliphatic rings. The van der Waals surface area contributed by atoms with Crippen molar-refractivity contribution in [1.29, 1.82) is 5.26 Å². The van der Waals surface area contributed by atoms with Crippen LogP contribution in [0, 0.1) is 11.3 Å². The van der Waals surface area contributed by atoms with Gasteiger partial charge in [-0.25, -0.2) is 4.79 Å². The van der Waals surface area contributed by atoms with Crippen LogP contribution in [0.15, 0.2) is 103 Å². The van der Waals surface area contributed by atoms with Gasteiger partial charge in [0.15, 0.2) is 17.6 Å². The van der Waals surface area contributed by atoms with Crippen molar-refractivity contribution in [2.24, 2.45) is 0 Å². The molecule has 0 aromatic heterocycles. The molecule has 1 amide bonds. The first kappa shape index (κ1) is 38.5. The summed E-state index contributed by atoms with van der Waals surface area (Å²) >= 11 is 12.1. The van der Waals surface area contributed by atoms with Gasteiger partial charge in [-0.05, 0) is 93.9 Å². The highest BCUT2D eigenvalue weighted by Gasteiger charge is 2.31. The molecule has 9 nitrogen and oxygen atoms in total. The molecule has 2 heterocycles. The summed E-state index contributed by atoms with van der Waals surface area (Å²) in [6.45, 7) is 1.13. The predicted octanol–water partition coefficient (Wildman–Crippen LogP) is 7.96. The molecule has 0 spiro atoms. The molecule has 0 unspecified atom stereocenters. The van der Waals surface area contributed by atoms with Crippen molar-refractivity contribution in [3.63, 3.8) is 0 Å². The fraction of sp³-hybridized carbons (Fsp3) is 0.214. The molecule has 5 aromatic rings. The Morgan fingerprint density at radius 2 is 1.57 bits per heavy atom. The van der Waals surface area contributed by atoms with Crippen LogP contribution in [0.2, 0.25) is 10.0 Å². The number of nitriles is 1. The van der Waals surface area contributed by atoms with Crippen LogP contribution in [0.3, 0.4) is 0 Å².